The van der Waals surface area contributed by atoms with Gasteiger partial charge >= 0.3 is 0 Å². The van der Waals surface area contributed by atoms with Gasteiger partial charge in [0.2, 0.25) is 0 Å². The average molecular weight is 699 g/mol. The van der Waals surface area contributed by atoms with Gasteiger partial charge in [-0.05, 0) is 83.6 Å². The topological polar surface area (TPSA) is 18.5 Å². The van der Waals surface area contributed by atoms with Crippen molar-refractivity contribution < 1.29 is 9.47 Å². The van der Waals surface area contributed by atoms with Crippen molar-refractivity contribution in [1.29, 1.82) is 0 Å². The van der Waals surface area contributed by atoms with Crippen LogP contribution in [0.4, 0.5) is 0 Å². The third-order valence-electron chi connectivity index (χ3n) is 8.89. The first-order chi connectivity index (χ1) is 24.1. The van der Waals surface area contributed by atoms with Crippen LogP contribution in [0.15, 0.2) is 107 Å². The number of rotatable bonds is 23. The second-order valence-electron chi connectivity index (χ2n) is 13.1. The molecule has 0 N–H and O–H groups in total. The Hall–Kier alpha value is -2.82. The summed E-state index contributed by atoms with van der Waals surface area (Å²) in [5.41, 5.74) is 4.84. The van der Waals surface area contributed by atoms with Crippen LogP contribution in [0.1, 0.15) is 123 Å². The zero-order valence-electron chi connectivity index (χ0n) is 30.4. The Morgan fingerprint density at radius 1 is 0.327 bits per heavy atom. The van der Waals surface area contributed by atoms with Crippen LogP contribution in [-0.4, -0.2) is 13.2 Å². The molecule has 4 heteroatoms. The van der Waals surface area contributed by atoms with E-state index < -0.39 is 0 Å². The molecule has 0 radical (unpaired) electrons. The molecular weight excluding hydrogens is 637 g/mol. The highest BCUT2D eigenvalue weighted by atomic mass is 32.1. The van der Waals surface area contributed by atoms with Crippen LogP contribution in [0.3, 0.4) is 0 Å². The van der Waals surface area contributed by atoms with E-state index >= 15 is 0 Å². The number of hydrogen-bond acceptors (Lipinski definition) is 4. The standard InChI is InChI=1S/C23H32OS.C22H30OS/c1-2-3-4-5-6-7-8-9-10-19-24-22-15-11-20(12-16-22)21-13-17-23(25)18-14-21;1-2-3-4-5-6-7-8-9-18-23-21-14-10-19(11-15-21)20-12-16-22(24)17-13-20/h11-18,25H,2-10,19H2,1H3;10-17,24H,2-9,18H2,1H3. The highest BCUT2D eigenvalue weighted by Crippen LogP contribution is 2.25. The van der Waals surface area contributed by atoms with Crippen LogP contribution in [0, 0.1) is 0 Å². The Bertz CT molecular complexity index is 1350. The lowest BCUT2D eigenvalue weighted by molar-refractivity contribution is 0.304. The van der Waals surface area contributed by atoms with Crippen LogP contribution in [0.25, 0.3) is 22.3 Å². The Morgan fingerprint density at radius 3 is 0.857 bits per heavy atom. The first kappa shape index (κ1) is 40.6. The van der Waals surface area contributed by atoms with Gasteiger partial charge < -0.3 is 9.47 Å². The fourth-order valence-electron chi connectivity index (χ4n) is 5.82. The normalized spacial score (nSPS) is 10.8. The lowest BCUT2D eigenvalue weighted by Crippen LogP contribution is -1.97. The van der Waals surface area contributed by atoms with Gasteiger partial charge in [-0.25, -0.2) is 0 Å². The fourth-order valence-corrected chi connectivity index (χ4v) is 6.12. The molecule has 0 saturated heterocycles. The van der Waals surface area contributed by atoms with Gasteiger partial charge in [-0.2, -0.15) is 0 Å². The number of unbranched alkanes of at least 4 members (excludes halogenated alkanes) is 15. The average Bonchev–Trinajstić information content (AvgIpc) is 3.13. The van der Waals surface area contributed by atoms with Gasteiger partial charge in [0.05, 0.1) is 13.2 Å². The molecule has 0 unspecified atom stereocenters. The van der Waals surface area contributed by atoms with Crippen molar-refractivity contribution >= 4 is 25.3 Å². The molecule has 0 amide bonds. The van der Waals surface area contributed by atoms with Crippen LogP contribution in [0.5, 0.6) is 11.5 Å². The van der Waals surface area contributed by atoms with E-state index in [2.05, 4.69) is 112 Å². The van der Waals surface area contributed by atoms with E-state index in [-0.39, 0.29) is 0 Å². The van der Waals surface area contributed by atoms with E-state index in [4.69, 9.17) is 9.47 Å². The second kappa shape index (κ2) is 26.1. The summed E-state index contributed by atoms with van der Waals surface area (Å²) in [7, 11) is 0. The number of benzene rings is 4. The summed E-state index contributed by atoms with van der Waals surface area (Å²) in [5.74, 6) is 1.93. The molecule has 0 heterocycles. The van der Waals surface area contributed by atoms with Gasteiger partial charge in [-0.3, -0.25) is 0 Å². The molecule has 2 nitrogen and oxygen atoms in total. The summed E-state index contributed by atoms with van der Waals surface area (Å²) in [6.07, 6.45) is 22.8. The zero-order valence-corrected chi connectivity index (χ0v) is 32.2. The van der Waals surface area contributed by atoms with Crippen molar-refractivity contribution in [2.45, 2.75) is 133 Å². The lowest BCUT2D eigenvalue weighted by Gasteiger charge is -2.08. The lowest BCUT2D eigenvalue weighted by atomic mass is 10.1. The molecule has 266 valence electrons. The van der Waals surface area contributed by atoms with E-state index in [1.807, 2.05) is 24.3 Å². The molecule has 0 bridgehead atoms. The van der Waals surface area contributed by atoms with E-state index in [0.29, 0.717) is 0 Å². The summed E-state index contributed by atoms with van der Waals surface area (Å²) >= 11 is 8.65. The molecule has 0 aliphatic carbocycles. The first-order valence-electron chi connectivity index (χ1n) is 19.1. The van der Waals surface area contributed by atoms with Gasteiger partial charge in [0.1, 0.15) is 11.5 Å². The summed E-state index contributed by atoms with van der Waals surface area (Å²) in [5, 5.41) is 0. The maximum atomic E-state index is 5.86. The summed E-state index contributed by atoms with van der Waals surface area (Å²) in [6.45, 7) is 6.18. The number of ether oxygens (including phenoxy) is 2. The van der Waals surface area contributed by atoms with E-state index in [0.717, 1.165) is 47.3 Å². The van der Waals surface area contributed by atoms with Crippen LogP contribution in [-0.2, 0) is 0 Å². The Labute approximate surface area is 310 Å². The van der Waals surface area contributed by atoms with Crippen LogP contribution < -0.4 is 9.47 Å². The molecule has 49 heavy (non-hydrogen) atoms. The third kappa shape index (κ3) is 18.1. The predicted molar refractivity (Wildman–Crippen MR) is 219 cm³/mol. The largest absolute Gasteiger partial charge is 0.494 e. The van der Waals surface area contributed by atoms with Gasteiger partial charge in [0.15, 0.2) is 0 Å². The fraction of sp³-hybridized carbons (Fsp3) is 0.467. The summed E-state index contributed by atoms with van der Waals surface area (Å²) in [6, 6.07) is 33.2. The number of hydrogen-bond donors (Lipinski definition) is 2. The molecule has 0 spiro atoms. The SMILES string of the molecule is CCCCCCCCCCCOc1ccc(-c2ccc(S)cc2)cc1.CCCCCCCCCCOc1ccc(-c2ccc(S)cc2)cc1. The quantitative estimate of drug-likeness (QED) is 0.0593. The minimum atomic E-state index is 0.822. The Morgan fingerprint density at radius 2 is 0.571 bits per heavy atom. The number of thiol groups is 2. The van der Waals surface area contributed by atoms with Crippen molar-refractivity contribution in [1.82, 2.24) is 0 Å². The molecule has 4 aromatic carbocycles. The Balaban J connectivity index is 0.000000266. The summed E-state index contributed by atoms with van der Waals surface area (Å²) in [4.78, 5) is 1.98. The van der Waals surface area contributed by atoms with Crippen molar-refractivity contribution in [2.75, 3.05) is 13.2 Å². The van der Waals surface area contributed by atoms with Crippen molar-refractivity contribution in [2.24, 2.45) is 0 Å². The molecule has 4 rings (SSSR count). The van der Waals surface area contributed by atoms with Gasteiger partial charge in [-0.15, -0.1) is 25.3 Å². The minimum absolute atomic E-state index is 0.822. The van der Waals surface area contributed by atoms with Crippen molar-refractivity contribution in [3.63, 3.8) is 0 Å². The van der Waals surface area contributed by atoms with Crippen LogP contribution in [0.2, 0.25) is 0 Å². The molecule has 0 saturated carbocycles. The van der Waals surface area contributed by atoms with Gasteiger partial charge in [0.25, 0.3) is 0 Å². The van der Waals surface area contributed by atoms with Crippen molar-refractivity contribution in [3.8, 4) is 33.8 Å². The van der Waals surface area contributed by atoms with E-state index in [9.17, 15) is 0 Å². The minimum Gasteiger partial charge on any atom is -0.494 e. The van der Waals surface area contributed by atoms with Crippen molar-refractivity contribution in [3.05, 3.63) is 97.1 Å². The smallest absolute Gasteiger partial charge is 0.119 e. The highest BCUT2D eigenvalue weighted by Gasteiger charge is 2.01. The molecular formula is C45H62O2S2. The highest BCUT2D eigenvalue weighted by molar-refractivity contribution is 7.80. The Kier molecular flexibility index (Phi) is 21.6. The molecule has 0 aromatic heterocycles. The van der Waals surface area contributed by atoms with Gasteiger partial charge in [-0.1, -0.05) is 159 Å². The predicted octanol–water partition coefficient (Wildman–Crippen LogP) is 14.7. The first-order valence-corrected chi connectivity index (χ1v) is 20.0. The maximum Gasteiger partial charge on any atom is 0.119 e. The van der Waals surface area contributed by atoms with E-state index in [1.54, 1.807) is 0 Å². The second-order valence-corrected chi connectivity index (χ2v) is 14.2. The molecule has 0 fully saturated rings. The monoisotopic (exact) mass is 698 g/mol. The molecule has 4 aromatic rings. The third-order valence-corrected chi connectivity index (χ3v) is 9.49. The van der Waals surface area contributed by atoms with E-state index in [1.165, 1.54) is 119 Å². The zero-order chi connectivity index (χ0) is 34.8. The molecule has 0 atom stereocenters. The maximum absolute atomic E-state index is 5.86. The van der Waals surface area contributed by atoms with Crippen LogP contribution >= 0.6 is 25.3 Å². The summed E-state index contributed by atoms with van der Waals surface area (Å²) < 4.78 is 11.7. The van der Waals surface area contributed by atoms with Gasteiger partial charge in [0, 0.05) is 9.79 Å². The molecule has 0 aliphatic heterocycles. The molecule has 0 aliphatic rings.